The van der Waals surface area contributed by atoms with E-state index in [1.165, 1.54) is 0 Å². The van der Waals surface area contributed by atoms with Crippen molar-refractivity contribution < 1.29 is 14.3 Å². The molecule has 1 aliphatic rings. The van der Waals surface area contributed by atoms with E-state index in [1.807, 2.05) is 30.3 Å². The smallest absolute Gasteiger partial charge is 0.339 e. The van der Waals surface area contributed by atoms with Crippen LogP contribution in [0, 0.1) is 5.41 Å². The van der Waals surface area contributed by atoms with Gasteiger partial charge in [0.15, 0.2) is 5.65 Å². The lowest BCUT2D eigenvalue weighted by molar-refractivity contribution is -0.181. The van der Waals surface area contributed by atoms with Crippen LogP contribution in [-0.2, 0) is 16.1 Å². The molecule has 1 aliphatic carbocycles. The van der Waals surface area contributed by atoms with Gasteiger partial charge in [0.05, 0.1) is 18.3 Å². The number of hydrogen-bond donors (Lipinski definition) is 0. The molecule has 0 saturated heterocycles. The molecule has 2 aromatic heterocycles. The SMILES string of the molecule is CC1(C)C(OCc2ccccc2)CC1OC(=O)c1ccc2nncn2c1. The summed E-state index contributed by atoms with van der Waals surface area (Å²) in [5, 5.41) is 7.74. The number of aromatic nitrogens is 3. The minimum atomic E-state index is -0.333. The highest BCUT2D eigenvalue weighted by molar-refractivity contribution is 5.89. The Morgan fingerprint density at radius 3 is 2.77 bits per heavy atom. The van der Waals surface area contributed by atoms with Crippen molar-refractivity contribution >= 4 is 11.6 Å². The highest BCUT2D eigenvalue weighted by atomic mass is 16.6. The minimum Gasteiger partial charge on any atom is -0.458 e. The van der Waals surface area contributed by atoms with Crippen LogP contribution >= 0.6 is 0 Å². The van der Waals surface area contributed by atoms with E-state index >= 15 is 0 Å². The van der Waals surface area contributed by atoms with Crippen molar-refractivity contribution in [2.45, 2.75) is 39.1 Å². The van der Waals surface area contributed by atoms with Crippen LogP contribution in [0.5, 0.6) is 0 Å². The number of carbonyl (C=O) groups is 1. The first kappa shape index (κ1) is 16.7. The van der Waals surface area contributed by atoms with Gasteiger partial charge < -0.3 is 9.47 Å². The Hall–Kier alpha value is -2.73. The van der Waals surface area contributed by atoms with Gasteiger partial charge in [0.25, 0.3) is 0 Å². The summed E-state index contributed by atoms with van der Waals surface area (Å²) in [7, 11) is 0. The van der Waals surface area contributed by atoms with Crippen molar-refractivity contribution in [1.82, 2.24) is 14.6 Å². The van der Waals surface area contributed by atoms with E-state index in [0.717, 1.165) is 5.56 Å². The van der Waals surface area contributed by atoms with Gasteiger partial charge in [-0.1, -0.05) is 44.2 Å². The molecule has 0 radical (unpaired) electrons. The zero-order chi connectivity index (χ0) is 18.1. The first-order valence-corrected chi connectivity index (χ1v) is 8.70. The summed E-state index contributed by atoms with van der Waals surface area (Å²) in [6, 6.07) is 13.5. The predicted molar refractivity (Wildman–Crippen MR) is 95.6 cm³/mol. The van der Waals surface area contributed by atoms with Gasteiger partial charge in [0, 0.05) is 18.0 Å². The standard InChI is InChI=1S/C20H21N3O3/c1-20(2)16(25-12-14-6-4-3-5-7-14)10-17(20)26-19(24)15-8-9-18-22-21-13-23(18)11-15/h3-9,11,13,16-17H,10,12H2,1-2H3. The number of esters is 1. The molecule has 1 saturated carbocycles. The van der Waals surface area contributed by atoms with E-state index in [9.17, 15) is 4.79 Å². The van der Waals surface area contributed by atoms with Gasteiger partial charge in [0.1, 0.15) is 12.4 Å². The maximum Gasteiger partial charge on any atom is 0.339 e. The molecule has 3 aromatic rings. The number of benzene rings is 1. The van der Waals surface area contributed by atoms with E-state index in [1.54, 1.807) is 29.1 Å². The summed E-state index contributed by atoms with van der Waals surface area (Å²) in [4.78, 5) is 12.5. The molecule has 0 aliphatic heterocycles. The van der Waals surface area contributed by atoms with E-state index < -0.39 is 0 Å². The quantitative estimate of drug-likeness (QED) is 0.660. The molecule has 0 bridgehead atoms. The highest BCUT2D eigenvalue weighted by Crippen LogP contribution is 2.45. The maximum absolute atomic E-state index is 12.5. The van der Waals surface area contributed by atoms with Crippen molar-refractivity contribution in [1.29, 1.82) is 0 Å². The third kappa shape index (κ3) is 3.08. The van der Waals surface area contributed by atoms with E-state index in [2.05, 4.69) is 24.0 Å². The molecule has 26 heavy (non-hydrogen) atoms. The van der Waals surface area contributed by atoms with E-state index in [0.29, 0.717) is 24.2 Å². The molecule has 1 fully saturated rings. The fourth-order valence-electron chi connectivity index (χ4n) is 3.25. The molecule has 0 N–H and O–H groups in total. The number of nitrogens with zero attached hydrogens (tertiary/aromatic N) is 3. The summed E-state index contributed by atoms with van der Waals surface area (Å²) in [6.45, 7) is 4.72. The number of pyridine rings is 1. The van der Waals surface area contributed by atoms with Crippen LogP contribution in [0.3, 0.4) is 0 Å². The average molecular weight is 351 g/mol. The van der Waals surface area contributed by atoms with Crippen molar-refractivity contribution in [3.63, 3.8) is 0 Å². The molecule has 2 heterocycles. The monoisotopic (exact) mass is 351 g/mol. The number of hydrogen-bond acceptors (Lipinski definition) is 5. The number of carbonyl (C=O) groups excluding carboxylic acids is 1. The Morgan fingerprint density at radius 1 is 1.19 bits per heavy atom. The zero-order valence-corrected chi connectivity index (χ0v) is 14.8. The van der Waals surface area contributed by atoms with Crippen LogP contribution < -0.4 is 0 Å². The van der Waals surface area contributed by atoms with Crippen molar-refractivity contribution in [3.8, 4) is 0 Å². The van der Waals surface area contributed by atoms with Gasteiger partial charge in [-0.3, -0.25) is 4.40 Å². The van der Waals surface area contributed by atoms with Crippen molar-refractivity contribution in [2.75, 3.05) is 0 Å². The Bertz CT molecular complexity index is 920. The maximum atomic E-state index is 12.5. The molecule has 6 heteroatoms. The van der Waals surface area contributed by atoms with Crippen molar-refractivity contribution in [2.24, 2.45) is 5.41 Å². The number of rotatable bonds is 5. The molecular weight excluding hydrogens is 330 g/mol. The fourth-order valence-corrected chi connectivity index (χ4v) is 3.25. The van der Waals surface area contributed by atoms with Gasteiger partial charge in [-0.15, -0.1) is 10.2 Å². The Morgan fingerprint density at radius 2 is 2.00 bits per heavy atom. The fraction of sp³-hybridized carbons (Fsp3) is 0.350. The Labute approximate surface area is 151 Å². The molecular formula is C20H21N3O3. The second-order valence-electron chi connectivity index (χ2n) is 7.25. The van der Waals surface area contributed by atoms with Gasteiger partial charge in [-0.25, -0.2) is 4.79 Å². The van der Waals surface area contributed by atoms with Crippen molar-refractivity contribution in [3.05, 3.63) is 66.1 Å². The Balaban J connectivity index is 1.36. The summed E-state index contributed by atoms with van der Waals surface area (Å²) in [5.41, 5.74) is 2.11. The third-order valence-electron chi connectivity index (χ3n) is 5.16. The molecule has 6 nitrogen and oxygen atoms in total. The molecule has 2 atom stereocenters. The molecule has 2 unspecified atom stereocenters. The topological polar surface area (TPSA) is 65.7 Å². The van der Waals surface area contributed by atoms with Gasteiger partial charge in [-0.2, -0.15) is 0 Å². The second-order valence-corrected chi connectivity index (χ2v) is 7.25. The van der Waals surface area contributed by atoms with E-state index in [4.69, 9.17) is 9.47 Å². The van der Waals surface area contributed by atoms with Crippen LogP contribution in [-0.4, -0.2) is 32.8 Å². The minimum absolute atomic E-state index is 0.0702. The van der Waals surface area contributed by atoms with Gasteiger partial charge in [0.2, 0.25) is 0 Å². The van der Waals surface area contributed by atoms with Crippen LogP contribution in [0.4, 0.5) is 0 Å². The predicted octanol–water partition coefficient (Wildman–Crippen LogP) is 3.27. The summed E-state index contributed by atoms with van der Waals surface area (Å²) in [5.74, 6) is -0.333. The van der Waals surface area contributed by atoms with Crippen LogP contribution in [0.15, 0.2) is 55.0 Å². The summed E-state index contributed by atoms with van der Waals surface area (Å²) >= 11 is 0. The summed E-state index contributed by atoms with van der Waals surface area (Å²) < 4.78 is 13.5. The molecule has 0 spiro atoms. The normalized spacial score (nSPS) is 21.3. The lowest BCUT2D eigenvalue weighted by Gasteiger charge is -2.50. The number of fused-ring (bicyclic) bond motifs is 1. The summed E-state index contributed by atoms with van der Waals surface area (Å²) in [6.07, 6.45) is 3.87. The number of ether oxygens (including phenoxy) is 2. The van der Waals surface area contributed by atoms with Crippen LogP contribution in [0.25, 0.3) is 5.65 Å². The zero-order valence-electron chi connectivity index (χ0n) is 14.8. The lowest BCUT2D eigenvalue weighted by Crippen LogP contribution is -2.56. The average Bonchev–Trinajstić information content (AvgIpc) is 3.12. The lowest BCUT2D eigenvalue weighted by atomic mass is 9.66. The Kier molecular flexibility index (Phi) is 4.20. The van der Waals surface area contributed by atoms with E-state index in [-0.39, 0.29) is 23.6 Å². The second kappa shape index (κ2) is 6.53. The largest absolute Gasteiger partial charge is 0.458 e. The highest BCUT2D eigenvalue weighted by Gasteiger charge is 2.51. The van der Waals surface area contributed by atoms with Gasteiger partial charge in [-0.05, 0) is 17.7 Å². The van der Waals surface area contributed by atoms with Crippen LogP contribution in [0.2, 0.25) is 0 Å². The van der Waals surface area contributed by atoms with Gasteiger partial charge >= 0.3 is 5.97 Å². The first-order chi connectivity index (χ1) is 12.5. The molecule has 1 aromatic carbocycles. The molecule has 134 valence electrons. The third-order valence-corrected chi connectivity index (χ3v) is 5.16. The van der Waals surface area contributed by atoms with Crippen LogP contribution in [0.1, 0.15) is 36.2 Å². The molecule has 4 rings (SSSR count). The first-order valence-electron chi connectivity index (χ1n) is 8.70. The molecule has 0 amide bonds.